The Morgan fingerprint density at radius 3 is 2.58 bits per heavy atom. The molecule has 1 aliphatic carbocycles. The fourth-order valence-electron chi connectivity index (χ4n) is 4.92. The van der Waals surface area contributed by atoms with Crippen LogP contribution in [0.1, 0.15) is 49.7 Å². The Kier molecular flexibility index (Phi) is 5.62. The van der Waals surface area contributed by atoms with Gasteiger partial charge in [-0.3, -0.25) is 4.79 Å². The molecular formula is C26H24ClNO5. The van der Waals surface area contributed by atoms with Crippen molar-refractivity contribution in [1.29, 1.82) is 0 Å². The molecule has 0 unspecified atom stereocenters. The maximum atomic E-state index is 13.6. The molecule has 6 nitrogen and oxygen atoms in total. The molecule has 1 N–H and O–H groups in total. The number of carbonyl (C=O) groups excluding carboxylic acids is 2. The second-order valence-electron chi connectivity index (χ2n) is 8.40. The standard InChI is InChI=1S/C26H24ClNO5/c1-3-31-26(30)23-14(2)28-19-10-17(15-4-7-18(27)8-5-15)11-20(29)25(19)24(23)16-6-9-21-22(12-16)33-13-32-21/h4-9,12,17,24,28H,3,10-11,13H2,1-2H3/t17-,24+/m0/s1. The molecule has 3 aliphatic rings. The van der Waals surface area contributed by atoms with Gasteiger partial charge in [0.05, 0.1) is 12.2 Å². The topological polar surface area (TPSA) is 73.9 Å². The summed E-state index contributed by atoms with van der Waals surface area (Å²) in [5.74, 6) is 0.350. The number of allylic oxidation sites excluding steroid dienone is 3. The Morgan fingerprint density at radius 2 is 1.82 bits per heavy atom. The van der Waals surface area contributed by atoms with Gasteiger partial charge in [-0.2, -0.15) is 0 Å². The van der Waals surface area contributed by atoms with E-state index < -0.39 is 11.9 Å². The summed E-state index contributed by atoms with van der Waals surface area (Å²) in [5, 5.41) is 4.02. The SMILES string of the molecule is CCOC(=O)C1=C(C)NC2=C(C(=O)C[C@@H](c3ccc(Cl)cc3)C2)[C@@H]1c1ccc2c(c1)OCO2. The van der Waals surface area contributed by atoms with E-state index in [1.165, 1.54) is 0 Å². The molecule has 0 fully saturated rings. The quantitative estimate of drug-likeness (QED) is 0.641. The predicted molar refractivity (Wildman–Crippen MR) is 123 cm³/mol. The van der Waals surface area contributed by atoms with Gasteiger partial charge in [0.15, 0.2) is 17.3 Å². The highest BCUT2D eigenvalue weighted by molar-refractivity contribution is 6.30. The molecule has 2 aromatic carbocycles. The second-order valence-corrected chi connectivity index (χ2v) is 8.84. The van der Waals surface area contributed by atoms with Crippen LogP contribution in [-0.4, -0.2) is 25.2 Å². The average molecular weight is 466 g/mol. The van der Waals surface area contributed by atoms with Gasteiger partial charge in [0.2, 0.25) is 6.79 Å². The van der Waals surface area contributed by atoms with E-state index in [1.54, 1.807) is 6.92 Å². The van der Waals surface area contributed by atoms with Gasteiger partial charge in [-0.15, -0.1) is 0 Å². The summed E-state index contributed by atoms with van der Waals surface area (Å²) in [7, 11) is 0. The highest BCUT2D eigenvalue weighted by atomic mass is 35.5. The van der Waals surface area contributed by atoms with Crippen LogP contribution in [0.5, 0.6) is 11.5 Å². The molecule has 0 bridgehead atoms. The Morgan fingerprint density at radius 1 is 1.09 bits per heavy atom. The van der Waals surface area contributed by atoms with Crippen LogP contribution in [0.4, 0.5) is 0 Å². The molecule has 0 saturated heterocycles. The Balaban J connectivity index is 1.59. The van der Waals surface area contributed by atoms with Crippen LogP contribution in [0.2, 0.25) is 5.02 Å². The molecule has 7 heteroatoms. The highest BCUT2D eigenvalue weighted by Gasteiger charge is 2.41. The zero-order chi connectivity index (χ0) is 23.1. The number of carbonyl (C=O) groups is 2. The Bertz CT molecular complexity index is 1200. The maximum absolute atomic E-state index is 13.6. The van der Waals surface area contributed by atoms with Crippen molar-refractivity contribution in [3.63, 3.8) is 0 Å². The van der Waals surface area contributed by atoms with Crippen LogP contribution in [0, 0.1) is 0 Å². The lowest BCUT2D eigenvalue weighted by molar-refractivity contribution is -0.138. The summed E-state index contributed by atoms with van der Waals surface area (Å²) in [6.45, 7) is 4.03. The Hall–Kier alpha value is -3.25. The largest absolute Gasteiger partial charge is 0.463 e. The molecule has 0 saturated carbocycles. The minimum Gasteiger partial charge on any atom is -0.463 e. The summed E-state index contributed by atoms with van der Waals surface area (Å²) in [5.41, 5.74) is 4.48. The zero-order valence-electron chi connectivity index (χ0n) is 18.4. The smallest absolute Gasteiger partial charge is 0.336 e. The van der Waals surface area contributed by atoms with Crippen LogP contribution >= 0.6 is 11.6 Å². The van der Waals surface area contributed by atoms with Crippen LogP contribution in [-0.2, 0) is 14.3 Å². The number of ether oxygens (including phenoxy) is 3. The first-order chi connectivity index (χ1) is 16.0. The van der Waals surface area contributed by atoms with E-state index in [4.69, 9.17) is 25.8 Å². The lowest BCUT2D eigenvalue weighted by Crippen LogP contribution is -2.36. The van der Waals surface area contributed by atoms with Gasteiger partial charge in [-0.25, -0.2) is 4.79 Å². The number of rotatable bonds is 4. The fraction of sp³-hybridized carbons (Fsp3) is 0.308. The van der Waals surface area contributed by atoms with E-state index >= 15 is 0 Å². The van der Waals surface area contributed by atoms with Crippen molar-refractivity contribution in [3.8, 4) is 11.5 Å². The third kappa shape index (κ3) is 3.89. The number of fused-ring (bicyclic) bond motifs is 1. The van der Waals surface area contributed by atoms with E-state index in [0.29, 0.717) is 46.2 Å². The second kappa shape index (κ2) is 8.60. The van der Waals surface area contributed by atoms with E-state index in [9.17, 15) is 9.59 Å². The first-order valence-corrected chi connectivity index (χ1v) is 11.4. The molecule has 0 aromatic heterocycles. The van der Waals surface area contributed by atoms with Crippen molar-refractivity contribution in [2.24, 2.45) is 0 Å². The van der Waals surface area contributed by atoms with Gasteiger partial charge >= 0.3 is 5.97 Å². The fourth-order valence-corrected chi connectivity index (χ4v) is 5.04. The summed E-state index contributed by atoms with van der Waals surface area (Å²) in [6.07, 6.45) is 1.02. The van der Waals surface area contributed by atoms with Crippen molar-refractivity contribution in [2.45, 2.75) is 38.5 Å². The summed E-state index contributed by atoms with van der Waals surface area (Å²) in [4.78, 5) is 26.6. The third-order valence-corrected chi connectivity index (χ3v) is 6.65. The van der Waals surface area contributed by atoms with Crippen molar-refractivity contribution < 1.29 is 23.8 Å². The monoisotopic (exact) mass is 465 g/mol. The number of benzene rings is 2. The first-order valence-electron chi connectivity index (χ1n) is 11.0. The number of Topliss-reactive ketones (excluding diaryl/α,β-unsaturated/α-hetero) is 1. The summed E-state index contributed by atoms with van der Waals surface area (Å²) < 4.78 is 16.4. The molecule has 5 rings (SSSR count). The van der Waals surface area contributed by atoms with Crippen LogP contribution in [0.3, 0.4) is 0 Å². The van der Waals surface area contributed by atoms with Gasteiger partial charge in [0.25, 0.3) is 0 Å². The molecule has 170 valence electrons. The molecule has 2 atom stereocenters. The third-order valence-electron chi connectivity index (χ3n) is 6.39. The Labute approximate surface area is 197 Å². The molecule has 2 aromatic rings. The molecule has 2 heterocycles. The van der Waals surface area contributed by atoms with Gasteiger partial charge in [-0.1, -0.05) is 29.8 Å². The number of halogens is 1. The number of ketones is 1. The van der Waals surface area contributed by atoms with Crippen molar-refractivity contribution >= 4 is 23.4 Å². The highest BCUT2D eigenvalue weighted by Crippen LogP contribution is 2.47. The van der Waals surface area contributed by atoms with Gasteiger partial charge in [-0.05, 0) is 61.6 Å². The molecule has 2 aliphatic heterocycles. The first kappa shape index (κ1) is 21.6. The lowest BCUT2D eigenvalue weighted by Gasteiger charge is -2.36. The van der Waals surface area contributed by atoms with E-state index in [-0.39, 0.29) is 25.1 Å². The zero-order valence-corrected chi connectivity index (χ0v) is 19.2. The molecule has 0 spiro atoms. The van der Waals surface area contributed by atoms with E-state index in [2.05, 4.69) is 5.32 Å². The summed E-state index contributed by atoms with van der Waals surface area (Å²) >= 11 is 6.05. The minimum absolute atomic E-state index is 0.0145. The summed E-state index contributed by atoms with van der Waals surface area (Å²) in [6, 6.07) is 13.2. The number of hydrogen-bond acceptors (Lipinski definition) is 6. The normalized spacial score (nSPS) is 21.6. The van der Waals surface area contributed by atoms with Crippen molar-refractivity contribution in [2.75, 3.05) is 13.4 Å². The van der Waals surface area contributed by atoms with Gasteiger partial charge in [0, 0.05) is 34.3 Å². The predicted octanol–water partition coefficient (Wildman–Crippen LogP) is 4.99. The van der Waals surface area contributed by atoms with Gasteiger partial charge < -0.3 is 19.5 Å². The van der Waals surface area contributed by atoms with Crippen molar-refractivity contribution in [3.05, 3.63) is 81.2 Å². The van der Waals surface area contributed by atoms with Crippen LogP contribution in [0.15, 0.2) is 65.0 Å². The molecular weight excluding hydrogens is 442 g/mol. The van der Waals surface area contributed by atoms with Gasteiger partial charge in [0.1, 0.15) is 0 Å². The molecule has 0 amide bonds. The minimum atomic E-state index is -0.534. The van der Waals surface area contributed by atoms with Crippen LogP contribution in [0.25, 0.3) is 0 Å². The number of esters is 1. The number of dihydropyridines is 1. The molecule has 33 heavy (non-hydrogen) atoms. The average Bonchev–Trinajstić information content (AvgIpc) is 3.26. The number of nitrogens with one attached hydrogen (secondary N) is 1. The van der Waals surface area contributed by atoms with E-state index in [0.717, 1.165) is 16.8 Å². The van der Waals surface area contributed by atoms with Crippen molar-refractivity contribution in [1.82, 2.24) is 5.32 Å². The lowest BCUT2D eigenvalue weighted by atomic mass is 9.71. The number of hydrogen-bond donors (Lipinski definition) is 1. The molecule has 0 radical (unpaired) electrons. The van der Waals surface area contributed by atoms with E-state index in [1.807, 2.05) is 49.4 Å². The van der Waals surface area contributed by atoms with Crippen LogP contribution < -0.4 is 14.8 Å². The maximum Gasteiger partial charge on any atom is 0.336 e.